The molecule has 0 fully saturated rings. The SMILES string of the molecule is Cc1noc(C)c1S(=O)(=O)Nc1ccc(CC(=O)N(C)C)cc1. The zero-order valence-corrected chi connectivity index (χ0v) is 14.3. The molecule has 0 bridgehead atoms. The minimum absolute atomic E-state index is 0.0194. The smallest absolute Gasteiger partial charge is 0.267 e. The molecule has 0 spiro atoms. The summed E-state index contributed by atoms with van der Waals surface area (Å²) < 4.78 is 32.1. The summed E-state index contributed by atoms with van der Waals surface area (Å²) in [4.78, 5) is 13.2. The van der Waals surface area contributed by atoms with Gasteiger partial charge < -0.3 is 9.42 Å². The second-order valence-corrected chi connectivity index (χ2v) is 7.04. The number of carbonyl (C=O) groups is 1. The van der Waals surface area contributed by atoms with Crippen LogP contribution in [0.4, 0.5) is 5.69 Å². The zero-order valence-electron chi connectivity index (χ0n) is 13.5. The highest BCUT2D eigenvalue weighted by Gasteiger charge is 2.24. The molecule has 7 nitrogen and oxygen atoms in total. The van der Waals surface area contributed by atoms with Gasteiger partial charge in [0, 0.05) is 19.8 Å². The van der Waals surface area contributed by atoms with Crippen LogP contribution in [0.15, 0.2) is 33.7 Å². The molecular weight excluding hydrogens is 318 g/mol. The molecular formula is C15H19N3O4S. The van der Waals surface area contributed by atoms with E-state index in [4.69, 9.17) is 4.52 Å². The maximum atomic E-state index is 12.4. The van der Waals surface area contributed by atoms with Gasteiger partial charge in [0.1, 0.15) is 5.69 Å². The van der Waals surface area contributed by atoms with Crippen LogP contribution in [0.1, 0.15) is 17.0 Å². The summed E-state index contributed by atoms with van der Waals surface area (Å²) in [6.07, 6.45) is 0.268. The molecule has 1 aromatic heterocycles. The van der Waals surface area contributed by atoms with E-state index < -0.39 is 10.0 Å². The largest absolute Gasteiger partial charge is 0.360 e. The number of benzene rings is 1. The van der Waals surface area contributed by atoms with Crippen molar-refractivity contribution in [2.75, 3.05) is 18.8 Å². The number of carbonyl (C=O) groups excluding carboxylic acids is 1. The number of sulfonamides is 1. The number of aromatic nitrogens is 1. The van der Waals surface area contributed by atoms with Crippen molar-refractivity contribution in [2.45, 2.75) is 25.2 Å². The molecule has 0 aliphatic rings. The topological polar surface area (TPSA) is 92.5 Å². The van der Waals surface area contributed by atoms with Crippen LogP contribution in [-0.2, 0) is 21.2 Å². The number of amides is 1. The molecule has 2 aromatic rings. The third-order valence-electron chi connectivity index (χ3n) is 3.30. The second kappa shape index (κ2) is 6.41. The van der Waals surface area contributed by atoms with E-state index in [9.17, 15) is 13.2 Å². The molecule has 1 aromatic carbocycles. The van der Waals surface area contributed by atoms with Gasteiger partial charge in [0.15, 0.2) is 10.7 Å². The van der Waals surface area contributed by atoms with Crippen LogP contribution >= 0.6 is 0 Å². The summed E-state index contributed by atoms with van der Waals surface area (Å²) in [6.45, 7) is 3.12. The van der Waals surface area contributed by atoms with Crippen molar-refractivity contribution < 1.29 is 17.7 Å². The van der Waals surface area contributed by atoms with Gasteiger partial charge in [-0.25, -0.2) is 8.42 Å². The minimum Gasteiger partial charge on any atom is -0.360 e. The van der Waals surface area contributed by atoms with Crippen molar-refractivity contribution in [1.29, 1.82) is 0 Å². The Bertz CT molecular complexity index is 788. The van der Waals surface area contributed by atoms with Gasteiger partial charge in [-0.3, -0.25) is 9.52 Å². The van der Waals surface area contributed by atoms with Crippen molar-refractivity contribution in [1.82, 2.24) is 10.1 Å². The lowest BCUT2D eigenvalue weighted by molar-refractivity contribution is -0.127. The van der Waals surface area contributed by atoms with Gasteiger partial charge >= 0.3 is 0 Å². The first-order valence-electron chi connectivity index (χ1n) is 6.95. The van der Waals surface area contributed by atoms with E-state index in [0.29, 0.717) is 11.4 Å². The predicted octanol–water partition coefficient (Wildman–Crippen LogP) is 1.72. The molecule has 124 valence electrons. The van der Waals surface area contributed by atoms with Gasteiger partial charge in [0.25, 0.3) is 10.0 Å². The fourth-order valence-electron chi connectivity index (χ4n) is 2.09. The molecule has 23 heavy (non-hydrogen) atoms. The third-order valence-corrected chi connectivity index (χ3v) is 4.92. The molecule has 0 aliphatic heterocycles. The molecule has 0 aliphatic carbocycles. The summed E-state index contributed by atoms with van der Waals surface area (Å²) in [5.41, 5.74) is 1.53. The Hall–Kier alpha value is -2.35. The van der Waals surface area contributed by atoms with E-state index in [2.05, 4.69) is 9.88 Å². The van der Waals surface area contributed by atoms with E-state index in [1.807, 2.05) is 0 Å². The summed E-state index contributed by atoms with van der Waals surface area (Å²) >= 11 is 0. The van der Waals surface area contributed by atoms with Gasteiger partial charge in [-0.1, -0.05) is 17.3 Å². The maximum Gasteiger partial charge on any atom is 0.267 e. The van der Waals surface area contributed by atoms with E-state index >= 15 is 0 Å². The van der Waals surface area contributed by atoms with Crippen molar-refractivity contribution in [3.63, 3.8) is 0 Å². The number of likely N-dealkylation sites (N-methyl/N-ethyl adjacent to an activating group) is 1. The van der Waals surface area contributed by atoms with E-state index in [-0.39, 0.29) is 23.0 Å². The average Bonchev–Trinajstić information content (AvgIpc) is 2.80. The van der Waals surface area contributed by atoms with Gasteiger partial charge in [-0.15, -0.1) is 0 Å². The lowest BCUT2D eigenvalue weighted by atomic mass is 10.1. The molecule has 0 radical (unpaired) electrons. The van der Waals surface area contributed by atoms with Crippen LogP contribution in [0, 0.1) is 13.8 Å². The lowest BCUT2D eigenvalue weighted by Gasteiger charge is -2.11. The molecule has 1 amide bonds. The number of rotatable bonds is 5. The number of aryl methyl sites for hydroxylation is 2. The van der Waals surface area contributed by atoms with Crippen LogP contribution in [-0.4, -0.2) is 38.5 Å². The normalized spacial score (nSPS) is 11.3. The van der Waals surface area contributed by atoms with E-state index in [0.717, 1.165) is 5.56 Å². The standard InChI is InChI=1S/C15H19N3O4S/c1-10-15(11(2)22-16-10)23(20,21)17-13-7-5-12(6-8-13)9-14(19)18(3)4/h5-8,17H,9H2,1-4H3. The third kappa shape index (κ3) is 3.89. The number of hydrogen-bond acceptors (Lipinski definition) is 5. The van der Waals surface area contributed by atoms with Crippen molar-refractivity contribution in [3.8, 4) is 0 Å². The summed E-state index contributed by atoms with van der Waals surface area (Å²) in [5.74, 6) is 0.220. The highest BCUT2D eigenvalue weighted by Crippen LogP contribution is 2.22. The van der Waals surface area contributed by atoms with Crippen LogP contribution in [0.3, 0.4) is 0 Å². The number of nitrogens with zero attached hydrogens (tertiary/aromatic N) is 2. The monoisotopic (exact) mass is 337 g/mol. The van der Waals surface area contributed by atoms with Gasteiger partial charge in [0.2, 0.25) is 5.91 Å². The van der Waals surface area contributed by atoms with Crippen LogP contribution in [0.25, 0.3) is 0 Å². The minimum atomic E-state index is -3.76. The summed E-state index contributed by atoms with van der Waals surface area (Å²) in [5, 5.41) is 3.65. The van der Waals surface area contributed by atoms with Crippen LogP contribution in [0.2, 0.25) is 0 Å². The lowest BCUT2D eigenvalue weighted by Crippen LogP contribution is -2.23. The Morgan fingerprint density at radius 2 is 1.83 bits per heavy atom. The molecule has 2 rings (SSSR count). The second-order valence-electron chi connectivity index (χ2n) is 5.42. The fraction of sp³-hybridized carbons (Fsp3) is 0.333. The molecule has 0 unspecified atom stereocenters. The first-order valence-corrected chi connectivity index (χ1v) is 8.44. The van der Waals surface area contributed by atoms with Gasteiger partial charge in [-0.2, -0.15) is 0 Å². The first kappa shape index (κ1) is 17.0. The quantitative estimate of drug-likeness (QED) is 0.897. The fourth-order valence-corrected chi connectivity index (χ4v) is 3.48. The number of hydrogen-bond donors (Lipinski definition) is 1. The molecule has 1 N–H and O–H groups in total. The number of nitrogens with one attached hydrogen (secondary N) is 1. The summed E-state index contributed by atoms with van der Waals surface area (Å²) in [7, 11) is -0.384. The Kier molecular flexibility index (Phi) is 4.74. The van der Waals surface area contributed by atoms with Crippen LogP contribution < -0.4 is 4.72 Å². The maximum absolute atomic E-state index is 12.4. The zero-order chi connectivity index (χ0) is 17.2. The number of anilines is 1. The molecule has 1 heterocycles. The Labute approximate surface area is 135 Å². The van der Waals surface area contributed by atoms with E-state index in [1.165, 1.54) is 4.90 Å². The Morgan fingerprint density at radius 3 is 2.30 bits per heavy atom. The van der Waals surface area contributed by atoms with Gasteiger partial charge in [0.05, 0.1) is 6.42 Å². The van der Waals surface area contributed by atoms with Gasteiger partial charge in [-0.05, 0) is 31.5 Å². The average molecular weight is 337 g/mol. The van der Waals surface area contributed by atoms with Crippen molar-refractivity contribution >= 4 is 21.6 Å². The molecule has 0 saturated heterocycles. The molecule has 8 heteroatoms. The van der Waals surface area contributed by atoms with Crippen LogP contribution in [0.5, 0.6) is 0 Å². The molecule has 0 atom stereocenters. The Morgan fingerprint density at radius 1 is 1.22 bits per heavy atom. The first-order chi connectivity index (χ1) is 10.7. The predicted molar refractivity (Wildman–Crippen MR) is 85.6 cm³/mol. The highest BCUT2D eigenvalue weighted by molar-refractivity contribution is 7.92. The highest BCUT2D eigenvalue weighted by atomic mass is 32.2. The van der Waals surface area contributed by atoms with Crippen molar-refractivity contribution in [3.05, 3.63) is 41.3 Å². The summed E-state index contributed by atoms with van der Waals surface area (Å²) in [6, 6.07) is 6.67. The van der Waals surface area contributed by atoms with Crippen molar-refractivity contribution in [2.24, 2.45) is 0 Å². The van der Waals surface area contributed by atoms with E-state index in [1.54, 1.807) is 52.2 Å². The Balaban J connectivity index is 2.16. The molecule has 0 saturated carbocycles.